The monoisotopic (exact) mass is 402 g/mol. The third kappa shape index (κ3) is 2.33. The van der Waals surface area contributed by atoms with Gasteiger partial charge in [0.15, 0.2) is 17.7 Å². The van der Waals surface area contributed by atoms with E-state index in [1.807, 2.05) is 13.0 Å². The Hall–Kier alpha value is -1.16. The van der Waals surface area contributed by atoms with E-state index in [0.29, 0.717) is 12.3 Å². The SMILES string of the molecule is C=C1C2=C(SCC)C(=O)C=C(C)[C@]2(C)[C@H]2CC[C@]3(C)C(=O)[C@H](F)C[C@H]3[C@@H]2[C@@H]1C. The van der Waals surface area contributed by atoms with Crippen LogP contribution in [-0.2, 0) is 9.59 Å². The second-order valence-corrected chi connectivity index (χ2v) is 10.9. The Morgan fingerprint density at radius 2 is 1.96 bits per heavy atom. The number of thioether (sulfide) groups is 1. The first-order valence-corrected chi connectivity index (χ1v) is 11.6. The molecule has 0 amide bonds. The Kier molecular flexibility index (Phi) is 4.61. The zero-order valence-corrected chi connectivity index (χ0v) is 18.4. The highest BCUT2D eigenvalue weighted by atomic mass is 32.2. The van der Waals surface area contributed by atoms with Crippen LogP contribution in [0.4, 0.5) is 4.39 Å². The predicted octanol–water partition coefficient (Wildman–Crippen LogP) is 5.69. The van der Waals surface area contributed by atoms with Gasteiger partial charge in [-0.3, -0.25) is 9.59 Å². The topological polar surface area (TPSA) is 34.1 Å². The molecule has 2 nitrogen and oxygen atoms in total. The van der Waals surface area contributed by atoms with Gasteiger partial charge in [0.25, 0.3) is 0 Å². The quantitative estimate of drug-likeness (QED) is 0.595. The normalized spacial score (nSPS) is 45.6. The molecule has 152 valence electrons. The van der Waals surface area contributed by atoms with Crippen LogP contribution in [0, 0.1) is 34.5 Å². The van der Waals surface area contributed by atoms with E-state index >= 15 is 0 Å². The van der Waals surface area contributed by atoms with Crippen molar-refractivity contribution in [2.75, 3.05) is 5.75 Å². The van der Waals surface area contributed by atoms with E-state index in [0.717, 1.165) is 40.2 Å². The molecule has 28 heavy (non-hydrogen) atoms. The van der Waals surface area contributed by atoms with Gasteiger partial charge in [0, 0.05) is 10.8 Å². The number of carbonyl (C=O) groups is 2. The largest absolute Gasteiger partial charge is 0.296 e. The summed E-state index contributed by atoms with van der Waals surface area (Å²) in [4.78, 5) is 26.4. The number of allylic oxidation sites excluding steroid dienone is 5. The van der Waals surface area contributed by atoms with E-state index in [1.54, 1.807) is 11.8 Å². The highest BCUT2D eigenvalue weighted by Crippen LogP contribution is 2.68. The van der Waals surface area contributed by atoms with Gasteiger partial charge >= 0.3 is 0 Å². The molecule has 4 heteroatoms. The van der Waals surface area contributed by atoms with Crippen molar-refractivity contribution in [2.45, 2.75) is 60.1 Å². The summed E-state index contributed by atoms with van der Waals surface area (Å²) in [7, 11) is 0. The molecule has 0 unspecified atom stereocenters. The molecule has 0 aromatic carbocycles. The maximum atomic E-state index is 14.5. The Morgan fingerprint density at radius 1 is 1.29 bits per heavy atom. The number of carbonyl (C=O) groups excluding carboxylic acids is 2. The fraction of sp³-hybridized carbons (Fsp3) is 0.667. The number of fused-ring (bicyclic) bond motifs is 5. The second kappa shape index (κ2) is 6.42. The summed E-state index contributed by atoms with van der Waals surface area (Å²) in [6, 6.07) is 0. The van der Waals surface area contributed by atoms with E-state index in [-0.39, 0.29) is 34.7 Å². The van der Waals surface area contributed by atoms with Crippen molar-refractivity contribution in [1.29, 1.82) is 0 Å². The van der Waals surface area contributed by atoms with Gasteiger partial charge in [-0.15, -0.1) is 11.8 Å². The first-order valence-electron chi connectivity index (χ1n) is 10.6. The standard InChI is InChI=1S/C24H31FO2S/c1-7-28-21-18(26)10-12(2)24(6)15-8-9-23(5)16(11-17(25)22(23)27)19(15)13(3)14(4)20(21)24/h10,13,15-17,19H,4,7-9,11H2,1-3,5-6H3/t13-,15+,16+,17-,19-,23+,24-/m1/s1. The van der Waals surface area contributed by atoms with E-state index in [9.17, 15) is 14.0 Å². The highest BCUT2D eigenvalue weighted by molar-refractivity contribution is 8.04. The van der Waals surface area contributed by atoms with E-state index < -0.39 is 11.6 Å². The molecule has 3 saturated carbocycles. The van der Waals surface area contributed by atoms with E-state index in [4.69, 9.17) is 0 Å². The van der Waals surface area contributed by atoms with Crippen LogP contribution in [0.3, 0.4) is 0 Å². The average Bonchev–Trinajstić information content (AvgIpc) is 2.87. The third-order valence-corrected chi connectivity index (χ3v) is 9.63. The number of ketones is 2. The van der Waals surface area contributed by atoms with Gasteiger partial charge < -0.3 is 0 Å². The Balaban J connectivity index is 1.88. The molecule has 4 aliphatic carbocycles. The summed E-state index contributed by atoms with van der Waals surface area (Å²) < 4.78 is 14.5. The van der Waals surface area contributed by atoms with Crippen LogP contribution in [-0.4, -0.2) is 23.5 Å². The number of Topliss-reactive ketones (excluding diaryl/α,β-unsaturated/α-hetero) is 1. The number of hydrogen-bond donors (Lipinski definition) is 0. The van der Waals surface area contributed by atoms with Gasteiger partial charge in [0.05, 0.1) is 4.91 Å². The smallest absolute Gasteiger partial charge is 0.192 e. The molecule has 4 rings (SSSR count). The van der Waals surface area contributed by atoms with Gasteiger partial charge in [0.2, 0.25) is 0 Å². The molecular formula is C24H31FO2S. The predicted molar refractivity (Wildman–Crippen MR) is 113 cm³/mol. The van der Waals surface area contributed by atoms with Crippen LogP contribution < -0.4 is 0 Å². The number of rotatable bonds is 2. The van der Waals surface area contributed by atoms with Crippen LogP contribution in [0.15, 0.2) is 34.3 Å². The molecule has 3 fully saturated rings. The molecule has 0 heterocycles. The molecule has 7 atom stereocenters. The minimum Gasteiger partial charge on any atom is -0.296 e. The molecule has 0 radical (unpaired) electrons. The molecular weight excluding hydrogens is 371 g/mol. The summed E-state index contributed by atoms with van der Waals surface area (Å²) >= 11 is 1.62. The van der Waals surface area contributed by atoms with Crippen LogP contribution in [0.25, 0.3) is 0 Å². The summed E-state index contributed by atoms with van der Waals surface area (Å²) in [5, 5.41) is 0. The van der Waals surface area contributed by atoms with Crippen molar-refractivity contribution in [3.05, 3.63) is 34.3 Å². The Labute approximate surface area is 172 Å². The zero-order chi connectivity index (χ0) is 20.6. The minimum absolute atomic E-state index is 0.0616. The second-order valence-electron chi connectivity index (χ2n) is 9.66. The highest BCUT2D eigenvalue weighted by Gasteiger charge is 2.64. The summed E-state index contributed by atoms with van der Waals surface area (Å²) in [5.41, 5.74) is 2.46. The van der Waals surface area contributed by atoms with Crippen molar-refractivity contribution < 1.29 is 14.0 Å². The first kappa shape index (κ1) is 20.1. The minimum atomic E-state index is -1.32. The Bertz CT molecular complexity index is 840. The molecule has 0 bridgehead atoms. The van der Waals surface area contributed by atoms with Gasteiger partial charge in [-0.2, -0.15) is 0 Å². The lowest BCUT2D eigenvalue weighted by atomic mass is 9.44. The number of hydrogen-bond acceptors (Lipinski definition) is 3. The van der Waals surface area contributed by atoms with Crippen molar-refractivity contribution in [2.24, 2.45) is 34.5 Å². The zero-order valence-electron chi connectivity index (χ0n) is 17.6. The maximum Gasteiger partial charge on any atom is 0.192 e. The van der Waals surface area contributed by atoms with Crippen molar-refractivity contribution >= 4 is 23.3 Å². The lowest BCUT2D eigenvalue weighted by Crippen LogP contribution is -2.54. The number of halogens is 1. The lowest BCUT2D eigenvalue weighted by molar-refractivity contribution is -0.135. The van der Waals surface area contributed by atoms with Gasteiger partial charge in [0.1, 0.15) is 0 Å². The van der Waals surface area contributed by atoms with Gasteiger partial charge in [-0.1, -0.05) is 39.8 Å². The van der Waals surface area contributed by atoms with Gasteiger partial charge in [-0.05, 0) is 72.8 Å². The van der Waals surface area contributed by atoms with Crippen molar-refractivity contribution in [3.8, 4) is 0 Å². The van der Waals surface area contributed by atoms with E-state index in [1.165, 1.54) is 0 Å². The molecule has 0 N–H and O–H groups in total. The van der Waals surface area contributed by atoms with Crippen LogP contribution in [0.5, 0.6) is 0 Å². The summed E-state index contributed by atoms with van der Waals surface area (Å²) in [6.45, 7) is 15.0. The Morgan fingerprint density at radius 3 is 2.61 bits per heavy atom. The third-order valence-electron chi connectivity index (χ3n) is 8.65. The first-order chi connectivity index (χ1) is 13.1. The van der Waals surface area contributed by atoms with E-state index in [2.05, 4.69) is 34.3 Å². The van der Waals surface area contributed by atoms with Crippen LogP contribution in [0.2, 0.25) is 0 Å². The number of alkyl halides is 1. The molecule has 0 spiro atoms. The van der Waals surface area contributed by atoms with Crippen molar-refractivity contribution in [1.82, 2.24) is 0 Å². The fourth-order valence-electron chi connectivity index (χ4n) is 6.99. The molecule has 0 aliphatic heterocycles. The van der Waals surface area contributed by atoms with Crippen molar-refractivity contribution in [3.63, 3.8) is 0 Å². The van der Waals surface area contributed by atoms with Crippen LogP contribution in [0.1, 0.15) is 53.9 Å². The molecule has 0 aromatic rings. The maximum absolute atomic E-state index is 14.5. The molecule has 0 saturated heterocycles. The van der Waals surface area contributed by atoms with Gasteiger partial charge in [-0.25, -0.2) is 4.39 Å². The summed E-state index contributed by atoms with van der Waals surface area (Å²) in [6.07, 6.45) is 2.48. The van der Waals surface area contributed by atoms with Crippen LogP contribution >= 0.6 is 11.8 Å². The molecule has 0 aromatic heterocycles. The fourth-order valence-corrected chi connectivity index (χ4v) is 7.97. The molecule has 4 aliphatic rings. The summed E-state index contributed by atoms with van der Waals surface area (Å²) in [5.74, 6) is 1.53. The average molecular weight is 403 g/mol. The lowest BCUT2D eigenvalue weighted by Gasteiger charge is -2.60.